The molecule has 0 aliphatic carbocycles. The van der Waals surface area contributed by atoms with E-state index in [1.165, 1.54) is 23.5 Å². The van der Waals surface area contributed by atoms with E-state index >= 15 is 0 Å². The number of amides is 1. The molecule has 2 aromatic carbocycles. The average molecular weight is 342 g/mol. The minimum atomic E-state index is -0.310. The van der Waals surface area contributed by atoms with Gasteiger partial charge in [-0.1, -0.05) is 12.1 Å². The smallest absolute Gasteiger partial charge is 0.256 e. The minimum absolute atomic E-state index is 0.216. The van der Waals surface area contributed by atoms with E-state index in [2.05, 4.69) is 10.3 Å². The lowest BCUT2D eigenvalue weighted by Crippen LogP contribution is -2.11. The van der Waals surface area contributed by atoms with Crippen LogP contribution in [0.4, 0.5) is 9.39 Å². The van der Waals surface area contributed by atoms with Crippen LogP contribution in [0.5, 0.6) is 0 Å². The maximum absolute atomic E-state index is 13.1. The van der Waals surface area contributed by atoms with Crippen molar-refractivity contribution in [2.75, 3.05) is 12.4 Å². The first kappa shape index (κ1) is 16.3. The quantitative estimate of drug-likeness (QED) is 0.750. The second-order valence-corrected chi connectivity index (χ2v) is 5.98. The predicted octanol–water partition coefficient (Wildman–Crippen LogP) is 4.35. The number of ether oxygens (including phenoxy) is 1. The summed E-state index contributed by atoms with van der Waals surface area (Å²) in [7, 11) is 1.63. The van der Waals surface area contributed by atoms with Gasteiger partial charge in [-0.3, -0.25) is 4.79 Å². The maximum atomic E-state index is 13.1. The Labute approximate surface area is 142 Å². The molecule has 0 spiro atoms. The SMILES string of the molecule is COCc1ccc(C(=O)Nc2scnc2-c2ccc(F)cc2)cc1. The van der Waals surface area contributed by atoms with Crippen LogP contribution in [0.1, 0.15) is 15.9 Å². The van der Waals surface area contributed by atoms with E-state index in [1.54, 1.807) is 36.9 Å². The minimum Gasteiger partial charge on any atom is -0.380 e. The molecule has 0 saturated heterocycles. The van der Waals surface area contributed by atoms with Gasteiger partial charge < -0.3 is 10.1 Å². The first-order valence-corrected chi connectivity index (χ1v) is 8.14. The van der Waals surface area contributed by atoms with Crippen LogP contribution in [-0.4, -0.2) is 18.0 Å². The van der Waals surface area contributed by atoms with Crippen molar-refractivity contribution in [1.82, 2.24) is 4.98 Å². The van der Waals surface area contributed by atoms with E-state index in [9.17, 15) is 9.18 Å². The highest BCUT2D eigenvalue weighted by atomic mass is 32.1. The van der Waals surface area contributed by atoms with Crippen molar-refractivity contribution in [2.24, 2.45) is 0 Å². The Hall–Kier alpha value is -2.57. The van der Waals surface area contributed by atoms with Gasteiger partial charge in [-0.15, -0.1) is 11.3 Å². The van der Waals surface area contributed by atoms with Gasteiger partial charge >= 0.3 is 0 Å². The summed E-state index contributed by atoms with van der Waals surface area (Å²) < 4.78 is 18.1. The molecule has 6 heteroatoms. The van der Waals surface area contributed by atoms with Gasteiger partial charge in [0.25, 0.3) is 5.91 Å². The molecule has 1 heterocycles. The van der Waals surface area contributed by atoms with Crippen LogP contribution in [0.3, 0.4) is 0 Å². The van der Waals surface area contributed by atoms with Crippen LogP contribution in [0.2, 0.25) is 0 Å². The summed E-state index contributed by atoms with van der Waals surface area (Å²) in [6, 6.07) is 13.2. The van der Waals surface area contributed by atoms with Gasteiger partial charge in [0.2, 0.25) is 0 Å². The predicted molar refractivity (Wildman–Crippen MR) is 92.6 cm³/mol. The van der Waals surface area contributed by atoms with Crippen LogP contribution < -0.4 is 5.32 Å². The number of benzene rings is 2. The van der Waals surface area contributed by atoms with Gasteiger partial charge in [-0.2, -0.15) is 0 Å². The van der Waals surface area contributed by atoms with Crippen molar-refractivity contribution in [3.05, 3.63) is 71.0 Å². The van der Waals surface area contributed by atoms with Gasteiger partial charge in [0, 0.05) is 18.2 Å². The van der Waals surface area contributed by atoms with Crippen molar-refractivity contribution < 1.29 is 13.9 Å². The number of halogens is 1. The molecule has 24 heavy (non-hydrogen) atoms. The summed E-state index contributed by atoms with van der Waals surface area (Å²) in [5.74, 6) is -0.526. The Kier molecular flexibility index (Phi) is 4.98. The highest BCUT2D eigenvalue weighted by Gasteiger charge is 2.13. The first-order chi connectivity index (χ1) is 11.7. The maximum Gasteiger partial charge on any atom is 0.256 e. The summed E-state index contributed by atoms with van der Waals surface area (Å²) in [4.78, 5) is 16.7. The number of carbonyl (C=O) groups excluding carboxylic acids is 1. The Bertz CT molecular complexity index is 829. The van der Waals surface area contributed by atoms with Gasteiger partial charge in [-0.25, -0.2) is 9.37 Å². The zero-order valence-corrected chi connectivity index (χ0v) is 13.8. The molecule has 1 N–H and O–H groups in total. The number of carbonyl (C=O) groups is 1. The van der Waals surface area contributed by atoms with Gasteiger partial charge in [-0.05, 0) is 42.0 Å². The van der Waals surface area contributed by atoms with Gasteiger partial charge in [0.15, 0.2) is 0 Å². The molecule has 0 fully saturated rings. The van der Waals surface area contributed by atoms with E-state index in [-0.39, 0.29) is 11.7 Å². The molecule has 0 aliphatic rings. The molecule has 1 aromatic heterocycles. The van der Waals surface area contributed by atoms with E-state index in [4.69, 9.17) is 4.74 Å². The molecule has 0 atom stereocenters. The summed E-state index contributed by atoms with van der Waals surface area (Å²) in [6.45, 7) is 0.505. The lowest BCUT2D eigenvalue weighted by atomic mass is 10.1. The van der Waals surface area contributed by atoms with Crippen LogP contribution in [0.25, 0.3) is 11.3 Å². The number of thiazole rings is 1. The summed E-state index contributed by atoms with van der Waals surface area (Å²) in [6.07, 6.45) is 0. The van der Waals surface area contributed by atoms with Gasteiger partial charge in [0.05, 0.1) is 12.1 Å². The fourth-order valence-electron chi connectivity index (χ4n) is 2.24. The number of aromatic nitrogens is 1. The molecule has 4 nitrogen and oxygen atoms in total. The number of nitrogens with one attached hydrogen (secondary N) is 1. The van der Waals surface area contributed by atoms with Crippen LogP contribution in [0.15, 0.2) is 54.0 Å². The molecule has 122 valence electrons. The Morgan fingerprint density at radius 1 is 1.17 bits per heavy atom. The van der Waals surface area contributed by atoms with Crippen molar-refractivity contribution in [3.63, 3.8) is 0 Å². The van der Waals surface area contributed by atoms with E-state index in [0.717, 1.165) is 11.1 Å². The number of methoxy groups -OCH3 is 1. The lowest BCUT2D eigenvalue weighted by molar-refractivity contribution is 0.102. The summed E-state index contributed by atoms with van der Waals surface area (Å²) in [5.41, 5.74) is 4.58. The monoisotopic (exact) mass is 342 g/mol. The molecule has 0 unspecified atom stereocenters. The van der Waals surface area contributed by atoms with E-state index < -0.39 is 0 Å². The van der Waals surface area contributed by atoms with Crippen molar-refractivity contribution in [2.45, 2.75) is 6.61 Å². The first-order valence-electron chi connectivity index (χ1n) is 7.26. The van der Waals surface area contributed by atoms with Gasteiger partial charge in [0.1, 0.15) is 16.5 Å². The Balaban J connectivity index is 1.78. The third kappa shape index (κ3) is 3.67. The molecule has 0 saturated carbocycles. The standard InChI is InChI=1S/C18H15FN2O2S/c1-23-10-12-2-4-14(5-3-12)17(22)21-18-16(20-11-24-18)13-6-8-15(19)9-7-13/h2-9,11H,10H2,1H3,(H,21,22). The molecular weight excluding hydrogens is 327 g/mol. The Morgan fingerprint density at radius 2 is 1.88 bits per heavy atom. The topological polar surface area (TPSA) is 51.2 Å². The molecule has 1 amide bonds. The largest absolute Gasteiger partial charge is 0.380 e. The van der Waals surface area contributed by atoms with E-state index in [1.807, 2.05) is 12.1 Å². The molecule has 3 rings (SSSR count). The fraction of sp³-hybridized carbons (Fsp3) is 0.111. The third-order valence-electron chi connectivity index (χ3n) is 3.44. The normalized spacial score (nSPS) is 10.6. The number of anilines is 1. The number of nitrogens with zero attached hydrogens (tertiary/aromatic N) is 1. The summed E-state index contributed by atoms with van der Waals surface area (Å²) in [5, 5.41) is 3.50. The second kappa shape index (κ2) is 7.33. The zero-order chi connectivity index (χ0) is 16.9. The van der Waals surface area contributed by atoms with Crippen molar-refractivity contribution in [3.8, 4) is 11.3 Å². The molecule has 3 aromatic rings. The number of hydrogen-bond acceptors (Lipinski definition) is 4. The van der Waals surface area contributed by atoms with E-state index in [0.29, 0.717) is 22.9 Å². The third-order valence-corrected chi connectivity index (χ3v) is 4.18. The molecule has 0 bridgehead atoms. The fourth-order valence-corrected chi connectivity index (χ4v) is 2.94. The number of rotatable bonds is 5. The lowest BCUT2D eigenvalue weighted by Gasteiger charge is -2.06. The molecule has 0 aliphatic heterocycles. The zero-order valence-electron chi connectivity index (χ0n) is 13.0. The van der Waals surface area contributed by atoms with Crippen molar-refractivity contribution >= 4 is 22.2 Å². The molecular formula is C18H15FN2O2S. The average Bonchev–Trinajstić information content (AvgIpc) is 3.04. The Morgan fingerprint density at radius 3 is 2.54 bits per heavy atom. The van der Waals surface area contributed by atoms with Crippen LogP contribution >= 0.6 is 11.3 Å². The summed E-state index contributed by atoms with van der Waals surface area (Å²) >= 11 is 1.33. The highest BCUT2D eigenvalue weighted by molar-refractivity contribution is 7.14. The second-order valence-electron chi connectivity index (χ2n) is 5.12. The number of hydrogen-bond donors (Lipinski definition) is 1. The molecule has 0 radical (unpaired) electrons. The van der Waals surface area contributed by atoms with Crippen molar-refractivity contribution in [1.29, 1.82) is 0 Å². The van der Waals surface area contributed by atoms with Crippen LogP contribution in [-0.2, 0) is 11.3 Å². The van der Waals surface area contributed by atoms with Crippen LogP contribution in [0, 0.1) is 5.82 Å². The highest BCUT2D eigenvalue weighted by Crippen LogP contribution is 2.30.